The Morgan fingerprint density at radius 1 is 1.06 bits per heavy atom. The number of amides is 1. The number of furan rings is 1. The maximum atomic E-state index is 12.7. The van der Waals surface area contributed by atoms with Crippen LogP contribution in [-0.4, -0.2) is 20.1 Å². The minimum absolute atomic E-state index is 0.132. The molecule has 5 aromatic rings. The molecule has 0 atom stereocenters. The number of nitrogens with one attached hydrogen (secondary N) is 1. The van der Waals surface area contributed by atoms with Gasteiger partial charge in [0.25, 0.3) is 0 Å². The average Bonchev–Trinajstić information content (AvgIpc) is 3.29. The fourth-order valence-electron chi connectivity index (χ4n) is 3.84. The van der Waals surface area contributed by atoms with E-state index in [0.29, 0.717) is 17.9 Å². The molecule has 0 aliphatic carbocycles. The Kier molecular flexibility index (Phi) is 4.86. The van der Waals surface area contributed by atoms with E-state index in [9.17, 15) is 9.59 Å². The van der Waals surface area contributed by atoms with E-state index in [1.165, 1.54) is 9.08 Å². The Balaban J connectivity index is 1.32. The molecule has 0 spiro atoms. The van der Waals surface area contributed by atoms with Crippen LogP contribution in [0.2, 0.25) is 0 Å². The number of nitrogens with zero attached hydrogens (tertiary/aromatic N) is 3. The monoisotopic (exact) mass is 426 g/mol. The van der Waals surface area contributed by atoms with E-state index in [-0.39, 0.29) is 18.0 Å². The predicted octanol–water partition coefficient (Wildman–Crippen LogP) is 4.09. The standard InChI is InChI=1S/C25H22N4O3/c1-16-10-21-19(15-32-22(21)11-17(16)2)13-24(30)26-20-7-5-6-18(12-20)14-29-25(31)28-9-4-3-8-23(28)27-29/h3-12,15H,13-14H2,1-2H3,(H,26,30). The minimum Gasteiger partial charge on any atom is -0.464 e. The maximum absolute atomic E-state index is 12.7. The van der Waals surface area contributed by atoms with Gasteiger partial charge in [0, 0.05) is 22.8 Å². The quantitative estimate of drug-likeness (QED) is 0.459. The maximum Gasteiger partial charge on any atom is 0.350 e. The van der Waals surface area contributed by atoms with Crippen LogP contribution in [-0.2, 0) is 17.8 Å². The lowest BCUT2D eigenvalue weighted by Gasteiger charge is -2.07. The van der Waals surface area contributed by atoms with E-state index in [1.807, 2.05) is 50.2 Å². The summed E-state index contributed by atoms with van der Waals surface area (Å²) in [6, 6.07) is 16.9. The molecule has 7 heteroatoms. The second-order valence-corrected chi connectivity index (χ2v) is 7.99. The summed E-state index contributed by atoms with van der Waals surface area (Å²) in [6.07, 6.45) is 3.56. The molecule has 0 bridgehead atoms. The lowest BCUT2D eigenvalue weighted by Crippen LogP contribution is -2.21. The highest BCUT2D eigenvalue weighted by Gasteiger charge is 2.13. The van der Waals surface area contributed by atoms with Crippen LogP contribution in [0.4, 0.5) is 5.69 Å². The van der Waals surface area contributed by atoms with Gasteiger partial charge in [-0.1, -0.05) is 18.2 Å². The fourth-order valence-corrected chi connectivity index (χ4v) is 3.84. The SMILES string of the molecule is Cc1cc2occ(CC(=O)Nc3cccc(Cn4nc5ccccn5c4=O)c3)c2cc1C. The lowest BCUT2D eigenvalue weighted by molar-refractivity contribution is -0.115. The first kappa shape index (κ1) is 19.8. The zero-order valence-electron chi connectivity index (χ0n) is 17.8. The summed E-state index contributed by atoms with van der Waals surface area (Å²) in [7, 11) is 0. The first-order chi connectivity index (χ1) is 15.5. The van der Waals surface area contributed by atoms with Gasteiger partial charge in [-0.3, -0.25) is 9.20 Å². The molecule has 0 saturated carbocycles. The topological polar surface area (TPSA) is 81.5 Å². The van der Waals surface area contributed by atoms with Crippen LogP contribution in [0.15, 0.2) is 76.3 Å². The van der Waals surface area contributed by atoms with Crippen LogP contribution in [0.25, 0.3) is 16.6 Å². The molecular weight excluding hydrogens is 404 g/mol. The number of hydrogen-bond acceptors (Lipinski definition) is 4. The lowest BCUT2D eigenvalue weighted by atomic mass is 10.0. The van der Waals surface area contributed by atoms with Gasteiger partial charge in [-0.25, -0.2) is 9.48 Å². The Morgan fingerprint density at radius 3 is 2.75 bits per heavy atom. The third-order valence-corrected chi connectivity index (χ3v) is 5.65. The van der Waals surface area contributed by atoms with E-state index in [2.05, 4.69) is 16.5 Å². The van der Waals surface area contributed by atoms with E-state index < -0.39 is 0 Å². The van der Waals surface area contributed by atoms with Crippen molar-refractivity contribution >= 4 is 28.2 Å². The van der Waals surface area contributed by atoms with Crippen molar-refractivity contribution in [1.29, 1.82) is 0 Å². The van der Waals surface area contributed by atoms with Crippen LogP contribution in [0.1, 0.15) is 22.3 Å². The minimum atomic E-state index is -0.201. The smallest absolute Gasteiger partial charge is 0.350 e. The van der Waals surface area contributed by atoms with Gasteiger partial charge in [-0.2, -0.15) is 0 Å². The molecule has 1 N–H and O–H groups in total. The van der Waals surface area contributed by atoms with Gasteiger partial charge in [0.1, 0.15) is 5.58 Å². The van der Waals surface area contributed by atoms with E-state index >= 15 is 0 Å². The van der Waals surface area contributed by atoms with Gasteiger partial charge in [0.2, 0.25) is 5.91 Å². The Labute approximate surface area is 183 Å². The highest BCUT2D eigenvalue weighted by molar-refractivity contribution is 5.95. The molecule has 7 nitrogen and oxygen atoms in total. The zero-order valence-corrected chi connectivity index (χ0v) is 17.8. The zero-order chi connectivity index (χ0) is 22.2. The van der Waals surface area contributed by atoms with Crippen molar-refractivity contribution < 1.29 is 9.21 Å². The van der Waals surface area contributed by atoms with Gasteiger partial charge in [0.15, 0.2) is 5.65 Å². The van der Waals surface area contributed by atoms with Crippen molar-refractivity contribution in [2.75, 3.05) is 5.32 Å². The van der Waals surface area contributed by atoms with Gasteiger partial charge >= 0.3 is 5.69 Å². The third kappa shape index (κ3) is 3.69. The molecule has 0 unspecified atom stereocenters. The molecular formula is C25H22N4O3. The highest BCUT2D eigenvalue weighted by atomic mass is 16.3. The normalized spacial score (nSPS) is 11.3. The van der Waals surface area contributed by atoms with Crippen LogP contribution in [0, 0.1) is 13.8 Å². The molecule has 32 heavy (non-hydrogen) atoms. The molecule has 0 aliphatic rings. The molecule has 0 saturated heterocycles. The van der Waals surface area contributed by atoms with Crippen LogP contribution in [0.5, 0.6) is 0 Å². The summed E-state index contributed by atoms with van der Waals surface area (Å²) in [4.78, 5) is 25.2. The Bertz CT molecular complexity index is 1520. The molecule has 0 aliphatic heterocycles. The number of carbonyl (C=O) groups is 1. The van der Waals surface area contributed by atoms with E-state index in [4.69, 9.17) is 4.42 Å². The summed E-state index contributed by atoms with van der Waals surface area (Å²) in [5.41, 5.74) is 5.90. The summed E-state index contributed by atoms with van der Waals surface area (Å²) in [5, 5.41) is 8.27. The number of fused-ring (bicyclic) bond motifs is 2. The van der Waals surface area contributed by atoms with Crippen molar-refractivity contribution in [3.63, 3.8) is 0 Å². The predicted molar refractivity (Wildman–Crippen MR) is 123 cm³/mol. The number of hydrogen-bond donors (Lipinski definition) is 1. The first-order valence-corrected chi connectivity index (χ1v) is 10.4. The number of aryl methyl sites for hydroxylation is 2. The average molecular weight is 426 g/mol. The van der Waals surface area contributed by atoms with Crippen LogP contribution >= 0.6 is 0 Å². The molecule has 0 fully saturated rings. The van der Waals surface area contributed by atoms with Crippen molar-refractivity contribution in [2.45, 2.75) is 26.8 Å². The summed E-state index contributed by atoms with van der Waals surface area (Å²) in [5.74, 6) is -0.132. The Morgan fingerprint density at radius 2 is 1.91 bits per heavy atom. The molecule has 3 aromatic heterocycles. The Hall–Kier alpha value is -4.13. The molecule has 160 valence electrons. The number of aromatic nitrogens is 3. The number of pyridine rings is 1. The number of rotatable bonds is 5. The number of anilines is 1. The summed E-state index contributed by atoms with van der Waals surface area (Å²) in [6.45, 7) is 4.40. The first-order valence-electron chi connectivity index (χ1n) is 10.4. The van der Waals surface area contributed by atoms with Gasteiger partial charge < -0.3 is 9.73 Å². The number of benzene rings is 2. The molecule has 2 aromatic carbocycles. The van der Waals surface area contributed by atoms with Gasteiger partial charge in [-0.15, -0.1) is 5.10 Å². The van der Waals surface area contributed by atoms with Crippen LogP contribution < -0.4 is 11.0 Å². The molecule has 5 rings (SSSR count). The largest absolute Gasteiger partial charge is 0.464 e. The van der Waals surface area contributed by atoms with Crippen molar-refractivity contribution in [3.8, 4) is 0 Å². The molecule has 1 amide bonds. The van der Waals surface area contributed by atoms with E-state index in [0.717, 1.165) is 33.2 Å². The van der Waals surface area contributed by atoms with Crippen LogP contribution in [0.3, 0.4) is 0 Å². The van der Waals surface area contributed by atoms with Crippen molar-refractivity contribution in [1.82, 2.24) is 14.2 Å². The summed E-state index contributed by atoms with van der Waals surface area (Å²) < 4.78 is 8.56. The molecule has 0 radical (unpaired) electrons. The second kappa shape index (κ2) is 7.85. The fraction of sp³-hybridized carbons (Fsp3) is 0.160. The van der Waals surface area contributed by atoms with E-state index in [1.54, 1.807) is 24.6 Å². The highest BCUT2D eigenvalue weighted by Crippen LogP contribution is 2.25. The second-order valence-electron chi connectivity index (χ2n) is 7.99. The van der Waals surface area contributed by atoms with Crippen molar-refractivity contribution in [2.24, 2.45) is 0 Å². The third-order valence-electron chi connectivity index (χ3n) is 5.65. The van der Waals surface area contributed by atoms with Gasteiger partial charge in [-0.05, 0) is 66.9 Å². The van der Waals surface area contributed by atoms with Gasteiger partial charge in [0.05, 0.1) is 19.2 Å². The molecule has 3 heterocycles. The number of carbonyl (C=O) groups excluding carboxylic acids is 1. The van der Waals surface area contributed by atoms with Crippen molar-refractivity contribution in [3.05, 3.63) is 99.8 Å². The summed E-state index contributed by atoms with van der Waals surface area (Å²) >= 11 is 0.